The number of oxazole rings is 1. The van der Waals surface area contributed by atoms with E-state index in [-0.39, 0.29) is 37.2 Å². The van der Waals surface area contributed by atoms with Crippen molar-refractivity contribution in [2.45, 2.75) is 26.4 Å². The summed E-state index contributed by atoms with van der Waals surface area (Å²) in [7, 11) is 1.53. The van der Waals surface area contributed by atoms with Gasteiger partial charge in [-0.05, 0) is 32.9 Å². The summed E-state index contributed by atoms with van der Waals surface area (Å²) in [5.74, 6) is 0.227. The number of carbonyl (C=O) groups is 2. The molecule has 0 unspecified atom stereocenters. The predicted octanol–water partition coefficient (Wildman–Crippen LogP) is 2.74. The number of likely N-dealkylation sites (N-methyl/N-ethyl adjacent to an activating group) is 1. The van der Waals surface area contributed by atoms with E-state index in [1.54, 1.807) is 39.0 Å². The Morgan fingerprint density at radius 1 is 1.28 bits per heavy atom. The van der Waals surface area contributed by atoms with Crippen LogP contribution in [0.4, 0.5) is 15.2 Å². The first-order valence-electron chi connectivity index (χ1n) is 8.93. The minimum absolute atomic E-state index is 0.0297. The van der Waals surface area contributed by atoms with Crippen LogP contribution in [-0.2, 0) is 9.53 Å². The van der Waals surface area contributed by atoms with E-state index in [9.17, 15) is 14.0 Å². The number of hydrogen-bond acceptors (Lipinski definition) is 7. The Labute approximate surface area is 167 Å². The first-order chi connectivity index (χ1) is 13.7. The quantitative estimate of drug-likeness (QED) is 0.615. The fourth-order valence-corrected chi connectivity index (χ4v) is 2.11. The van der Waals surface area contributed by atoms with E-state index in [0.717, 1.165) is 0 Å². The lowest BCUT2D eigenvalue weighted by molar-refractivity contribution is -0.118. The summed E-state index contributed by atoms with van der Waals surface area (Å²) in [5.41, 5.74) is 0.603. The highest BCUT2D eigenvalue weighted by Gasteiger charge is 2.16. The van der Waals surface area contributed by atoms with Gasteiger partial charge in [0.1, 0.15) is 23.5 Å². The zero-order valence-corrected chi connectivity index (χ0v) is 16.8. The number of aromatic nitrogens is 1. The second-order valence-corrected chi connectivity index (χ2v) is 7.09. The van der Waals surface area contributed by atoms with E-state index < -0.39 is 11.7 Å². The number of amides is 2. The molecule has 0 fully saturated rings. The lowest BCUT2D eigenvalue weighted by Gasteiger charge is -2.20. The lowest BCUT2D eigenvalue weighted by atomic mass is 10.2. The fourth-order valence-electron chi connectivity index (χ4n) is 2.11. The highest BCUT2D eigenvalue weighted by atomic mass is 19.1. The van der Waals surface area contributed by atoms with Crippen LogP contribution >= 0.6 is 0 Å². The number of halogens is 1. The van der Waals surface area contributed by atoms with Crippen LogP contribution in [0.3, 0.4) is 0 Å². The van der Waals surface area contributed by atoms with Gasteiger partial charge in [0.25, 0.3) is 6.01 Å². The molecule has 1 aromatic heterocycles. The molecule has 2 amide bonds. The summed E-state index contributed by atoms with van der Waals surface area (Å²) in [6.45, 7) is 5.11. The molecular formula is C19H25FN4O5. The molecule has 0 saturated carbocycles. The van der Waals surface area contributed by atoms with Crippen molar-refractivity contribution in [2.75, 3.05) is 32.1 Å². The second kappa shape index (κ2) is 9.76. The molecule has 0 aliphatic carbocycles. The molecule has 0 aliphatic heterocycles. The maximum absolute atomic E-state index is 13.1. The number of nitrogens with one attached hydrogen (secondary N) is 3. The van der Waals surface area contributed by atoms with E-state index in [0.29, 0.717) is 23.2 Å². The molecule has 0 radical (unpaired) electrons. The molecule has 10 heteroatoms. The zero-order valence-electron chi connectivity index (χ0n) is 16.8. The van der Waals surface area contributed by atoms with Crippen LogP contribution in [0.2, 0.25) is 0 Å². The number of rotatable bonds is 8. The topological polar surface area (TPSA) is 115 Å². The average molecular weight is 408 g/mol. The third-order valence-corrected chi connectivity index (χ3v) is 3.48. The summed E-state index contributed by atoms with van der Waals surface area (Å²) in [6.07, 6.45) is -0.262. The van der Waals surface area contributed by atoms with Crippen LogP contribution in [0.15, 0.2) is 34.5 Å². The number of benzene rings is 1. The Morgan fingerprint density at radius 2 is 2.03 bits per heavy atom. The van der Waals surface area contributed by atoms with Gasteiger partial charge in [-0.1, -0.05) is 0 Å². The molecule has 1 aromatic carbocycles. The molecule has 2 aromatic rings. The number of fused-ring (bicyclic) bond motifs is 1. The predicted molar refractivity (Wildman–Crippen MR) is 105 cm³/mol. The fraction of sp³-hybridized carbons (Fsp3) is 0.421. The van der Waals surface area contributed by atoms with Crippen LogP contribution in [0.5, 0.6) is 5.75 Å². The molecule has 29 heavy (non-hydrogen) atoms. The highest BCUT2D eigenvalue weighted by Crippen LogP contribution is 2.24. The summed E-state index contributed by atoms with van der Waals surface area (Å²) >= 11 is 0. The average Bonchev–Trinajstić information content (AvgIpc) is 3.07. The van der Waals surface area contributed by atoms with Gasteiger partial charge in [0.15, 0.2) is 5.58 Å². The molecule has 0 saturated heterocycles. The van der Waals surface area contributed by atoms with Crippen molar-refractivity contribution in [1.29, 1.82) is 0 Å². The molecule has 3 N–H and O–H groups in total. The third kappa shape index (κ3) is 7.32. The Hall–Kier alpha value is -3.30. The molecule has 1 heterocycles. The Bertz CT molecular complexity index is 888. The van der Waals surface area contributed by atoms with E-state index in [1.165, 1.54) is 7.05 Å². The van der Waals surface area contributed by atoms with Crippen molar-refractivity contribution >= 4 is 29.1 Å². The van der Waals surface area contributed by atoms with E-state index in [1.807, 2.05) is 0 Å². The van der Waals surface area contributed by atoms with Crippen LogP contribution in [-0.4, -0.2) is 49.3 Å². The maximum Gasteiger partial charge on any atom is 0.407 e. The first kappa shape index (κ1) is 22.0. The number of carbonyl (C=O) groups excluding carboxylic acids is 2. The molecular weight excluding hydrogens is 383 g/mol. The van der Waals surface area contributed by atoms with Gasteiger partial charge in [-0.2, -0.15) is 4.98 Å². The van der Waals surface area contributed by atoms with Gasteiger partial charge in [-0.25, -0.2) is 9.18 Å². The molecule has 2 rings (SSSR count). The second-order valence-electron chi connectivity index (χ2n) is 7.09. The molecule has 0 bridgehead atoms. The molecule has 9 nitrogen and oxygen atoms in total. The van der Waals surface area contributed by atoms with Crippen molar-refractivity contribution < 1.29 is 27.9 Å². The zero-order chi connectivity index (χ0) is 21.4. The van der Waals surface area contributed by atoms with Crippen molar-refractivity contribution in [1.82, 2.24) is 15.6 Å². The Balaban J connectivity index is 1.90. The van der Waals surface area contributed by atoms with E-state index in [2.05, 4.69) is 20.9 Å². The van der Waals surface area contributed by atoms with Gasteiger partial charge in [-0.3, -0.25) is 4.79 Å². The summed E-state index contributed by atoms with van der Waals surface area (Å²) < 4.78 is 29.2. The summed E-state index contributed by atoms with van der Waals surface area (Å²) in [5, 5.41) is 7.71. The van der Waals surface area contributed by atoms with Gasteiger partial charge in [0, 0.05) is 25.2 Å². The number of alkyl carbamates (subject to hydrolysis) is 1. The van der Waals surface area contributed by atoms with E-state index in [4.69, 9.17) is 13.9 Å². The Kier molecular flexibility index (Phi) is 7.40. The van der Waals surface area contributed by atoms with Crippen LogP contribution < -0.4 is 20.7 Å². The van der Waals surface area contributed by atoms with Crippen LogP contribution in [0, 0.1) is 0 Å². The molecule has 0 aliphatic rings. The standard InChI is InChI=1S/C19H25FN4O5/c1-19(2,3)29-18(26)23-9-12(8-20)11-27-13-5-6-14-15(7-13)28-17(24-14)22-10-16(25)21-4/h5-8H,9-11H2,1-4H3,(H,21,25)(H,22,24)(H,23,26)/b12-8-. The number of ether oxygens (including phenoxy) is 2. The Morgan fingerprint density at radius 3 is 2.69 bits per heavy atom. The largest absolute Gasteiger partial charge is 0.489 e. The van der Waals surface area contributed by atoms with Gasteiger partial charge in [-0.15, -0.1) is 0 Å². The summed E-state index contributed by atoms with van der Waals surface area (Å²) in [4.78, 5) is 27.1. The van der Waals surface area contributed by atoms with Gasteiger partial charge in [0.05, 0.1) is 12.9 Å². The van der Waals surface area contributed by atoms with Crippen LogP contribution in [0.1, 0.15) is 20.8 Å². The van der Waals surface area contributed by atoms with Crippen molar-refractivity contribution in [3.63, 3.8) is 0 Å². The van der Waals surface area contributed by atoms with Crippen molar-refractivity contribution in [2.24, 2.45) is 0 Å². The first-order valence-corrected chi connectivity index (χ1v) is 8.93. The third-order valence-electron chi connectivity index (χ3n) is 3.48. The monoisotopic (exact) mass is 408 g/mol. The highest BCUT2D eigenvalue weighted by molar-refractivity contribution is 5.81. The number of anilines is 1. The SMILES string of the molecule is CNC(=O)CNc1nc2ccc(OC/C(=C\F)CNC(=O)OC(C)(C)C)cc2o1. The lowest BCUT2D eigenvalue weighted by Crippen LogP contribution is -2.34. The van der Waals surface area contributed by atoms with Gasteiger partial charge < -0.3 is 29.8 Å². The van der Waals surface area contributed by atoms with Crippen molar-refractivity contribution in [3.8, 4) is 5.75 Å². The number of hydrogen-bond donors (Lipinski definition) is 3. The minimum atomic E-state index is -0.642. The van der Waals surface area contributed by atoms with Crippen molar-refractivity contribution in [3.05, 3.63) is 30.1 Å². The van der Waals surface area contributed by atoms with Gasteiger partial charge >= 0.3 is 6.09 Å². The maximum atomic E-state index is 13.1. The number of nitrogens with zero attached hydrogens (tertiary/aromatic N) is 1. The molecule has 0 spiro atoms. The van der Waals surface area contributed by atoms with E-state index >= 15 is 0 Å². The minimum Gasteiger partial charge on any atom is -0.489 e. The normalized spacial score (nSPS) is 11.8. The molecule has 0 atom stereocenters. The summed E-state index contributed by atoms with van der Waals surface area (Å²) in [6, 6.07) is 5.14. The van der Waals surface area contributed by atoms with Gasteiger partial charge in [0.2, 0.25) is 5.91 Å². The smallest absolute Gasteiger partial charge is 0.407 e. The molecule has 158 valence electrons. The van der Waals surface area contributed by atoms with Crippen LogP contribution in [0.25, 0.3) is 11.1 Å².